The van der Waals surface area contributed by atoms with Crippen LogP contribution in [0.2, 0.25) is 0 Å². The maximum Gasteiger partial charge on any atom is 0.103 e. The van der Waals surface area contributed by atoms with Crippen LogP contribution < -0.4 is 5.32 Å². The van der Waals surface area contributed by atoms with E-state index in [4.69, 9.17) is 4.98 Å². The van der Waals surface area contributed by atoms with E-state index in [9.17, 15) is 0 Å². The van der Waals surface area contributed by atoms with E-state index < -0.39 is 0 Å². The van der Waals surface area contributed by atoms with Crippen molar-refractivity contribution in [2.24, 2.45) is 0 Å². The second-order valence-corrected chi connectivity index (χ2v) is 7.46. The minimum atomic E-state index is -0.0139. The van der Waals surface area contributed by atoms with Crippen LogP contribution in [0.1, 0.15) is 60.7 Å². The van der Waals surface area contributed by atoms with Crippen LogP contribution in [0, 0.1) is 0 Å². The molecule has 3 rings (SSSR count). The van der Waals surface area contributed by atoms with Gasteiger partial charge in [-0.3, -0.25) is 0 Å². The number of aromatic nitrogens is 1. The molecule has 0 aliphatic heterocycles. The van der Waals surface area contributed by atoms with Gasteiger partial charge in [-0.05, 0) is 38.8 Å². The van der Waals surface area contributed by atoms with Crippen LogP contribution in [0.15, 0.2) is 30.3 Å². The van der Waals surface area contributed by atoms with Gasteiger partial charge in [0, 0.05) is 22.8 Å². The summed E-state index contributed by atoms with van der Waals surface area (Å²) in [7, 11) is 0. The van der Waals surface area contributed by atoms with Crippen molar-refractivity contribution in [3.05, 3.63) is 51.5 Å². The molecule has 112 valence electrons. The molecule has 0 radical (unpaired) electrons. The molecule has 0 saturated heterocycles. The van der Waals surface area contributed by atoms with Gasteiger partial charge < -0.3 is 5.32 Å². The van der Waals surface area contributed by atoms with E-state index in [0.29, 0.717) is 0 Å². The first-order valence-corrected chi connectivity index (χ1v) is 8.71. The van der Waals surface area contributed by atoms with Crippen molar-refractivity contribution >= 4 is 11.3 Å². The summed E-state index contributed by atoms with van der Waals surface area (Å²) in [5.74, 6) is 0.718. The van der Waals surface area contributed by atoms with Gasteiger partial charge in [0.25, 0.3) is 0 Å². The lowest BCUT2D eigenvalue weighted by molar-refractivity contribution is 0.631. The number of nitrogens with zero attached hydrogens (tertiary/aromatic N) is 1. The van der Waals surface area contributed by atoms with Gasteiger partial charge in [-0.2, -0.15) is 0 Å². The molecule has 0 amide bonds. The molecule has 0 spiro atoms. The summed E-state index contributed by atoms with van der Waals surface area (Å²) in [6.07, 6.45) is 2.63. The van der Waals surface area contributed by atoms with Crippen molar-refractivity contribution in [3.8, 4) is 0 Å². The average Bonchev–Trinajstić information content (AvgIpc) is 3.25. The number of benzene rings is 1. The first kappa shape index (κ1) is 14.7. The number of hydrogen-bond acceptors (Lipinski definition) is 3. The Balaban J connectivity index is 1.94. The molecule has 21 heavy (non-hydrogen) atoms. The minimum Gasteiger partial charge on any atom is -0.312 e. The Hall–Kier alpha value is -1.19. The predicted molar refractivity (Wildman–Crippen MR) is 90.0 cm³/mol. The normalized spacial score (nSPS) is 15.4. The van der Waals surface area contributed by atoms with E-state index >= 15 is 0 Å². The molecule has 2 nitrogen and oxygen atoms in total. The van der Waals surface area contributed by atoms with E-state index in [-0.39, 0.29) is 5.41 Å². The van der Waals surface area contributed by atoms with Crippen LogP contribution in [0.3, 0.4) is 0 Å². The first-order valence-electron chi connectivity index (χ1n) is 7.89. The van der Waals surface area contributed by atoms with Crippen molar-refractivity contribution in [1.82, 2.24) is 10.3 Å². The molecule has 1 saturated carbocycles. The third-order valence-corrected chi connectivity index (χ3v) is 5.65. The highest BCUT2D eigenvalue weighted by molar-refractivity contribution is 7.12. The fourth-order valence-corrected chi connectivity index (χ4v) is 3.89. The van der Waals surface area contributed by atoms with Crippen LogP contribution in [0.5, 0.6) is 0 Å². The van der Waals surface area contributed by atoms with Crippen LogP contribution >= 0.6 is 11.3 Å². The Bertz CT molecular complexity index is 597. The lowest BCUT2D eigenvalue weighted by Gasteiger charge is -2.22. The van der Waals surface area contributed by atoms with Crippen molar-refractivity contribution in [3.63, 3.8) is 0 Å². The summed E-state index contributed by atoms with van der Waals surface area (Å²) in [4.78, 5) is 6.49. The molecule has 1 aliphatic rings. The van der Waals surface area contributed by atoms with Gasteiger partial charge in [0.05, 0.1) is 5.69 Å². The highest BCUT2D eigenvalue weighted by atomic mass is 32.1. The van der Waals surface area contributed by atoms with E-state index in [1.165, 1.54) is 34.0 Å². The topological polar surface area (TPSA) is 24.9 Å². The smallest absolute Gasteiger partial charge is 0.103 e. The molecule has 1 aromatic carbocycles. The van der Waals surface area contributed by atoms with Crippen molar-refractivity contribution < 1.29 is 0 Å². The Morgan fingerprint density at radius 1 is 1.24 bits per heavy atom. The summed E-state index contributed by atoms with van der Waals surface area (Å²) in [6.45, 7) is 8.71. The monoisotopic (exact) mass is 300 g/mol. The second-order valence-electron chi connectivity index (χ2n) is 6.37. The molecule has 1 heterocycles. The summed E-state index contributed by atoms with van der Waals surface area (Å²) >= 11 is 1.90. The van der Waals surface area contributed by atoms with Gasteiger partial charge in [-0.25, -0.2) is 4.98 Å². The van der Waals surface area contributed by atoms with Gasteiger partial charge in [0.15, 0.2) is 0 Å². The van der Waals surface area contributed by atoms with Gasteiger partial charge in [-0.15, -0.1) is 11.3 Å². The zero-order valence-corrected chi connectivity index (χ0v) is 14.0. The van der Waals surface area contributed by atoms with Gasteiger partial charge in [-0.1, -0.05) is 37.3 Å². The predicted octanol–water partition coefficient (Wildman–Crippen LogP) is 4.46. The van der Waals surface area contributed by atoms with E-state index in [2.05, 4.69) is 56.4 Å². The van der Waals surface area contributed by atoms with Crippen molar-refractivity contribution in [2.45, 2.75) is 51.5 Å². The Morgan fingerprint density at radius 3 is 2.57 bits per heavy atom. The van der Waals surface area contributed by atoms with Gasteiger partial charge >= 0.3 is 0 Å². The van der Waals surface area contributed by atoms with Crippen LogP contribution in [-0.2, 0) is 12.0 Å². The molecule has 0 unspecified atom stereocenters. The minimum absolute atomic E-state index is 0.0139. The van der Waals surface area contributed by atoms with E-state index in [1.807, 2.05) is 11.3 Å². The SMILES string of the molecule is CCNCc1sc(C(C)(C)c2ccccc2)nc1C1CC1. The van der Waals surface area contributed by atoms with Crippen molar-refractivity contribution in [1.29, 1.82) is 0 Å². The molecule has 1 aliphatic carbocycles. The highest BCUT2D eigenvalue weighted by Gasteiger charge is 2.33. The standard InChI is InChI=1S/C18H24N2S/c1-4-19-12-15-16(13-10-11-13)20-17(21-15)18(2,3)14-8-6-5-7-9-14/h5-9,13,19H,4,10-12H2,1-3H3. The number of rotatable bonds is 6. The number of thiazole rings is 1. The van der Waals surface area contributed by atoms with E-state index in [0.717, 1.165) is 19.0 Å². The van der Waals surface area contributed by atoms with Crippen LogP contribution in [0.4, 0.5) is 0 Å². The fourth-order valence-electron chi connectivity index (χ4n) is 2.65. The average molecular weight is 300 g/mol. The first-order chi connectivity index (χ1) is 10.1. The number of hydrogen-bond donors (Lipinski definition) is 1. The molecule has 2 aromatic rings. The molecule has 0 atom stereocenters. The molecule has 1 fully saturated rings. The number of nitrogens with one attached hydrogen (secondary N) is 1. The Kier molecular flexibility index (Phi) is 4.14. The largest absolute Gasteiger partial charge is 0.312 e. The fraction of sp³-hybridized carbons (Fsp3) is 0.500. The second kappa shape index (κ2) is 5.90. The Labute approximate surface area is 131 Å². The highest BCUT2D eigenvalue weighted by Crippen LogP contribution is 2.45. The van der Waals surface area contributed by atoms with Crippen molar-refractivity contribution in [2.75, 3.05) is 6.54 Å². The summed E-state index contributed by atoms with van der Waals surface area (Å²) in [6, 6.07) is 10.7. The van der Waals surface area contributed by atoms with Gasteiger partial charge in [0.2, 0.25) is 0 Å². The quantitative estimate of drug-likeness (QED) is 0.852. The molecule has 1 aromatic heterocycles. The Morgan fingerprint density at radius 2 is 1.95 bits per heavy atom. The summed E-state index contributed by atoms with van der Waals surface area (Å²) in [5, 5.41) is 4.72. The summed E-state index contributed by atoms with van der Waals surface area (Å²) < 4.78 is 0. The maximum atomic E-state index is 5.05. The molecule has 0 bridgehead atoms. The summed E-state index contributed by atoms with van der Waals surface area (Å²) in [5.41, 5.74) is 2.69. The van der Waals surface area contributed by atoms with Crippen LogP contribution in [0.25, 0.3) is 0 Å². The van der Waals surface area contributed by atoms with E-state index in [1.54, 1.807) is 0 Å². The lowest BCUT2D eigenvalue weighted by Crippen LogP contribution is -2.18. The van der Waals surface area contributed by atoms with Gasteiger partial charge in [0.1, 0.15) is 5.01 Å². The lowest BCUT2D eigenvalue weighted by atomic mass is 9.85. The maximum absolute atomic E-state index is 5.05. The third-order valence-electron chi connectivity index (χ3n) is 4.26. The molecule has 1 N–H and O–H groups in total. The zero-order valence-electron chi connectivity index (χ0n) is 13.1. The molecular formula is C18H24N2S. The zero-order chi connectivity index (χ0) is 14.9. The molecular weight excluding hydrogens is 276 g/mol. The van der Waals surface area contributed by atoms with Crippen LogP contribution in [-0.4, -0.2) is 11.5 Å². The molecule has 3 heteroatoms. The third kappa shape index (κ3) is 3.04.